The molecular weight excluding hydrogens is 416 g/mol. The summed E-state index contributed by atoms with van der Waals surface area (Å²) in [7, 11) is 0. The lowest BCUT2D eigenvalue weighted by Gasteiger charge is -2.37. The molecule has 4 rings (SSSR count). The Bertz CT molecular complexity index is 1110. The number of aliphatic hydroxyl groups excluding tert-OH is 2. The Hall–Kier alpha value is -3.00. The van der Waals surface area contributed by atoms with Gasteiger partial charge in [0.1, 0.15) is 17.1 Å². The summed E-state index contributed by atoms with van der Waals surface area (Å²) >= 11 is 1.33. The molecule has 0 saturated carbocycles. The van der Waals surface area contributed by atoms with Gasteiger partial charge in [0.25, 0.3) is 0 Å². The molecule has 10 heteroatoms. The second-order valence-electron chi connectivity index (χ2n) is 7.81. The fourth-order valence-corrected chi connectivity index (χ4v) is 5.06. The summed E-state index contributed by atoms with van der Waals surface area (Å²) < 4.78 is 0. The average Bonchev–Trinajstić information content (AvgIpc) is 3.40. The summed E-state index contributed by atoms with van der Waals surface area (Å²) in [5.74, 6) is 0.144. The highest BCUT2D eigenvalue weighted by Gasteiger charge is 2.29. The van der Waals surface area contributed by atoms with Crippen molar-refractivity contribution in [2.75, 3.05) is 18.4 Å². The molecule has 3 aromatic heterocycles. The van der Waals surface area contributed by atoms with Crippen molar-refractivity contribution in [3.63, 3.8) is 0 Å². The number of nitriles is 1. The first-order valence-corrected chi connectivity index (χ1v) is 10.9. The lowest BCUT2D eigenvalue weighted by atomic mass is 9.95. The molecule has 1 amide bonds. The predicted octanol–water partition coefficient (Wildman–Crippen LogP) is 2.23. The summed E-state index contributed by atoms with van der Waals surface area (Å²) in [6.07, 6.45) is 4.31. The molecule has 0 aromatic carbocycles. The zero-order valence-corrected chi connectivity index (χ0v) is 17.9. The van der Waals surface area contributed by atoms with Crippen molar-refractivity contribution in [3.8, 4) is 16.6 Å². The van der Waals surface area contributed by atoms with Crippen LogP contribution in [0.15, 0.2) is 18.5 Å². The molecule has 1 fully saturated rings. The largest absolute Gasteiger partial charge is 0.391 e. The van der Waals surface area contributed by atoms with E-state index >= 15 is 0 Å². The molecule has 0 bridgehead atoms. The molecule has 0 radical (unpaired) electrons. The van der Waals surface area contributed by atoms with Gasteiger partial charge in [0.2, 0.25) is 5.91 Å². The number of fused-ring (bicyclic) bond motifs is 1. The van der Waals surface area contributed by atoms with Gasteiger partial charge in [-0.05, 0) is 18.4 Å². The smallest absolute Gasteiger partial charge is 0.236 e. The van der Waals surface area contributed by atoms with E-state index in [4.69, 9.17) is 5.26 Å². The Morgan fingerprint density at radius 3 is 2.97 bits per heavy atom. The van der Waals surface area contributed by atoms with Crippen LogP contribution in [0.5, 0.6) is 0 Å². The van der Waals surface area contributed by atoms with Crippen molar-refractivity contribution in [2.45, 2.75) is 39.0 Å². The number of nitrogens with one attached hydrogen (secondary N) is 2. The van der Waals surface area contributed by atoms with Gasteiger partial charge in [-0.25, -0.2) is 9.97 Å². The van der Waals surface area contributed by atoms with E-state index in [2.05, 4.69) is 27.2 Å². The highest BCUT2D eigenvalue weighted by Crippen LogP contribution is 2.38. The lowest BCUT2D eigenvalue weighted by molar-refractivity contribution is -0.132. The minimum Gasteiger partial charge on any atom is -0.391 e. The molecule has 3 aromatic rings. The number of H-pyrrole nitrogens is 1. The number of likely N-dealkylation sites (tertiary alicyclic amines) is 1. The molecule has 9 nitrogen and oxygen atoms in total. The molecule has 1 aliphatic rings. The van der Waals surface area contributed by atoms with Crippen LogP contribution in [-0.2, 0) is 18.0 Å². The fraction of sp³-hybridized carbons (Fsp3) is 0.429. The van der Waals surface area contributed by atoms with Gasteiger partial charge in [0.15, 0.2) is 0 Å². The summed E-state index contributed by atoms with van der Waals surface area (Å²) in [4.78, 5) is 26.8. The molecule has 4 N–H and O–H groups in total. The van der Waals surface area contributed by atoms with E-state index in [1.165, 1.54) is 11.3 Å². The monoisotopic (exact) mass is 440 g/mol. The first-order chi connectivity index (χ1) is 15.0. The SMILES string of the molecule is C[C@H]1C[C@@H](Nc2c(-c3nc(CO)c(CO)s3)cnc3[nH]ccc23)CN(C(=O)CC#N)C1. The Morgan fingerprint density at radius 1 is 1.42 bits per heavy atom. The summed E-state index contributed by atoms with van der Waals surface area (Å²) in [6, 6.07) is 3.88. The number of aliphatic hydroxyl groups is 2. The number of nitrogens with zero attached hydrogens (tertiary/aromatic N) is 4. The normalized spacial score (nSPS) is 18.8. The number of anilines is 1. The van der Waals surface area contributed by atoms with Crippen LogP contribution in [0.1, 0.15) is 30.3 Å². The van der Waals surface area contributed by atoms with E-state index in [0.29, 0.717) is 34.6 Å². The first-order valence-electron chi connectivity index (χ1n) is 10.1. The zero-order valence-electron chi connectivity index (χ0n) is 17.1. The van der Waals surface area contributed by atoms with E-state index in [1.807, 2.05) is 18.3 Å². The van der Waals surface area contributed by atoms with Gasteiger partial charge >= 0.3 is 0 Å². The third kappa shape index (κ3) is 4.25. The van der Waals surface area contributed by atoms with Crippen molar-refractivity contribution < 1.29 is 15.0 Å². The minimum absolute atomic E-state index is 0.000213. The number of aromatic amines is 1. The number of aromatic nitrogens is 3. The zero-order chi connectivity index (χ0) is 22.0. The van der Waals surface area contributed by atoms with Crippen LogP contribution in [0.2, 0.25) is 0 Å². The maximum Gasteiger partial charge on any atom is 0.236 e. The average molecular weight is 441 g/mol. The summed E-state index contributed by atoms with van der Waals surface area (Å²) in [5, 5.41) is 33.2. The molecule has 4 heterocycles. The van der Waals surface area contributed by atoms with Gasteiger partial charge in [0, 0.05) is 36.9 Å². The van der Waals surface area contributed by atoms with Crippen LogP contribution >= 0.6 is 11.3 Å². The van der Waals surface area contributed by atoms with E-state index in [1.54, 1.807) is 11.1 Å². The van der Waals surface area contributed by atoms with Crippen molar-refractivity contribution in [3.05, 3.63) is 29.0 Å². The third-order valence-electron chi connectivity index (χ3n) is 5.48. The van der Waals surface area contributed by atoms with Gasteiger partial charge < -0.3 is 25.4 Å². The van der Waals surface area contributed by atoms with Crippen LogP contribution in [0.4, 0.5) is 5.69 Å². The molecule has 0 spiro atoms. The molecule has 1 saturated heterocycles. The Morgan fingerprint density at radius 2 is 2.26 bits per heavy atom. The third-order valence-corrected chi connectivity index (χ3v) is 6.60. The fourth-order valence-electron chi connectivity index (χ4n) is 4.11. The number of carbonyl (C=O) groups excluding carboxylic acids is 1. The molecule has 1 aliphatic heterocycles. The van der Waals surface area contributed by atoms with Crippen molar-refractivity contribution in [1.29, 1.82) is 5.26 Å². The van der Waals surface area contributed by atoms with Crippen molar-refractivity contribution >= 4 is 34.0 Å². The van der Waals surface area contributed by atoms with Crippen LogP contribution < -0.4 is 5.32 Å². The van der Waals surface area contributed by atoms with Crippen LogP contribution in [-0.4, -0.2) is 55.1 Å². The lowest BCUT2D eigenvalue weighted by Crippen LogP contribution is -2.48. The van der Waals surface area contributed by atoms with E-state index in [0.717, 1.165) is 28.7 Å². The Kier molecular flexibility index (Phi) is 6.18. The quantitative estimate of drug-likeness (QED) is 0.461. The van der Waals surface area contributed by atoms with Crippen LogP contribution in [0.25, 0.3) is 21.6 Å². The van der Waals surface area contributed by atoms with E-state index in [9.17, 15) is 15.0 Å². The number of pyridine rings is 1. The highest BCUT2D eigenvalue weighted by atomic mass is 32.1. The maximum atomic E-state index is 12.3. The van der Waals surface area contributed by atoms with Crippen LogP contribution in [0.3, 0.4) is 0 Å². The number of piperidine rings is 1. The molecule has 2 atom stereocenters. The molecule has 162 valence electrons. The standard InChI is InChI=1S/C21H24N6O3S/c1-12-6-13(9-27(8-12)18(30)2-4-22)25-19-14-3-5-23-20(14)24-7-15(19)21-26-16(10-28)17(11-29)31-21/h3,5,7,12-13,28-29H,2,6,8-11H2,1H3,(H2,23,24,25)/t12-,13+/m0/s1. The second kappa shape index (κ2) is 9.01. The van der Waals surface area contributed by atoms with Gasteiger partial charge in [-0.15, -0.1) is 11.3 Å². The van der Waals surface area contributed by atoms with Crippen LogP contribution in [0, 0.1) is 17.2 Å². The van der Waals surface area contributed by atoms with Gasteiger partial charge in [-0.2, -0.15) is 5.26 Å². The number of amides is 1. The summed E-state index contributed by atoms with van der Waals surface area (Å²) in [5.41, 5.74) is 2.82. The first kappa shape index (κ1) is 21.2. The minimum atomic E-state index is -0.245. The Balaban J connectivity index is 1.70. The molecule has 31 heavy (non-hydrogen) atoms. The number of thiazole rings is 1. The molecular formula is C21H24N6O3S. The number of carbonyl (C=O) groups is 1. The number of rotatable bonds is 6. The Labute approximate surface area is 183 Å². The maximum absolute atomic E-state index is 12.3. The van der Waals surface area contributed by atoms with Crippen molar-refractivity contribution in [2.24, 2.45) is 5.92 Å². The predicted molar refractivity (Wildman–Crippen MR) is 117 cm³/mol. The number of hydrogen-bond donors (Lipinski definition) is 4. The topological polar surface area (TPSA) is 138 Å². The summed E-state index contributed by atoms with van der Waals surface area (Å²) in [6.45, 7) is 2.83. The van der Waals surface area contributed by atoms with E-state index < -0.39 is 0 Å². The van der Waals surface area contributed by atoms with Gasteiger partial charge in [-0.1, -0.05) is 6.92 Å². The van der Waals surface area contributed by atoms with Gasteiger partial charge in [-0.3, -0.25) is 4.79 Å². The highest BCUT2D eigenvalue weighted by molar-refractivity contribution is 7.15. The second-order valence-corrected chi connectivity index (χ2v) is 8.89. The molecule has 0 aliphatic carbocycles. The van der Waals surface area contributed by atoms with E-state index in [-0.39, 0.29) is 31.6 Å². The number of hydrogen-bond acceptors (Lipinski definition) is 8. The molecule has 0 unspecified atom stereocenters. The van der Waals surface area contributed by atoms with Crippen molar-refractivity contribution in [1.82, 2.24) is 19.9 Å². The van der Waals surface area contributed by atoms with Gasteiger partial charge in [0.05, 0.1) is 41.1 Å².